The van der Waals surface area contributed by atoms with Gasteiger partial charge in [0.2, 0.25) is 0 Å². The second-order valence-corrected chi connectivity index (χ2v) is 13.6. The number of para-hydroxylation sites is 4. The third kappa shape index (κ3) is 5.70. The molecule has 8 aromatic carbocycles. The molecular weight excluding hydrogens is 692 g/mol. The van der Waals surface area contributed by atoms with E-state index in [1.54, 1.807) is 0 Å². The maximum atomic E-state index is 13.3. The van der Waals surface area contributed by atoms with E-state index in [1.807, 2.05) is 66.7 Å². The van der Waals surface area contributed by atoms with Gasteiger partial charge in [-0.05, 0) is 82.9 Å². The van der Waals surface area contributed by atoms with Crippen molar-refractivity contribution in [1.82, 2.24) is 0 Å². The summed E-state index contributed by atoms with van der Waals surface area (Å²) >= 11 is 0. The van der Waals surface area contributed by atoms with E-state index in [9.17, 15) is 13.2 Å². The molecule has 0 aliphatic heterocycles. The van der Waals surface area contributed by atoms with Crippen molar-refractivity contribution in [2.75, 3.05) is 4.90 Å². The van der Waals surface area contributed by atoms with Crippen LogP contribution in [0.5, 0.6) is 0 Å². The van der Waals surface area contributed by atoms with Gasteiger partial charge in [0.1, 0.15) is 22.3 Å². The summed E-state index contributed by atoms with van der Waals surface area (Å²) in [5, 5.41) is 4.29. The Morgan fingerprint density at radius 2 is 0.818 bits per heavy atom. The molecular formula is C49H30F3NO2. The fourth-order valence-corrected chi connectivity index (χ4v) is 7.65. The molecule has 0 amide bonds. The van der Waals surface area contributed by atoms with Crippen LogP contribution in [0.25, 0.3) is 77.3 Å². The normalized spacial score (nSPS) is 11.9. The molecule has 55 heavy (non-hydrogen) atoms. The maximum Gasteiger partial charge on any atom is 0.416 e. The highest BCUT2D eigenvalue weighted by Gasteiger charge is 2.30. The van der Waals surface area contributed by atoms with Crippen molar-refractivity contribution < 1.29 is 22.0 Å². The van der Waals surface area contributed by atoms with Crippen LogP contribution >= 0.6 is 0 Å². The summed E-state index contributed by atoms with van der Waals surface area (Å²) in [5.74, 6) is 0. The molecule has 0 spiro atoms. The molecule has 264 valence electrons. The van der Waals surface area contributed by atoms with Crippen LogP contribution in [0, 0.1) is 0 Å². The Balaban J connectivity index is 1.07. The molecule has 0 saturated heterocycles. The second-order valence-electron chi connectivity index (χ2n) is 13.6. The zero-order chi connectivity index (χ0) is 37.1. The quantitative estimate of drug-likeness (QED) is 0.171. The summed E-state index contributed by atoms with van der Waals surface area (Å²) in [7, 11) is 0. The first-order valence-electron chi connectivity index (χ1n) is 18.0. The number of rotatable bonds is 6. The number of alkyl halides is 3. The van der Waals surface area contributed by atoms with Crippen molar-refractivity contribution in [3.63, 3.8) is 0 Å². The van der Waals surface area contributed by atoms with Crippen molar-refractivity contribution in [2.24, 2.45) is 0 Å². The summed E-state index contributed by atoms with van der Waals surface area (Å²) < 4.78 is 52.6. The van der Waals surface area contributed by atoms with E-state index in [1.165, 1.54) is 12.1 Å². The van der Waals surface area contributed by atoms with Crippen LogP contribution in [0.15, 0.2) is 191 Å². The van der Waals surface area contributed by atoms with Crippen LogP contribution in [0.4, 0.5) is 30.2 Å². The van der Waals surface area contributed by atoms with Crippen LogP contribution in [0.3, 0.4) is 0 Å². The largest absolute Gasteiger partial charge is 0.455 e. The number of benzene rings is 8. The van der Waals surface area contributed by atoms with Crippen LogP contribution in [0.1, 0.15) is 5.56 Å². The van der Waals surface area contributed by atoms with Crippen molar-refractivity contribution in [1.29, 1.82) is 0 Å². The Kier molecular flexibility index (Phi) is 7.59. The van der Waals surface area contributed by atoms with Gasteiger partial charge in [0.25, 0.3) is 0 Å². The first-order valence-corrected chi connectivity index (χ1v) is 18.0. The first kappa shape index (κ1) is 32.6. The Bertz CT molecular complexity index is 3010. The Morgan fingerprint density at radius 3 is 1.36 bits per heavy atom. The van der Waals surface area contributed by atoms with Gasteiger partial charge in [0.15, 0.2) is 0 Å². The Hall–Kier alpha value is -7.05. The lowest BCUT2D eigenvalue weighted by Gasteiger charge is -2.26. The van der Waals surface area contributed by atoms with Crippen molar-refractivity contribution >= 4 is 60.9 Å². The molecule has 0 saturated carbocycles. The molecule has 0 N–H and O–H groups in total. The zero-order valence-corrected chi connectivity index (χ0v) is 29.2. The smallest absolute Gasteiger partial charge is 0.416 e. The average Bonchev–Trinajstić information content (AvgIpc) is 3.80. The first-order chi connectivity index (χ1) is 26.9. The molecule has 0 aliphatic rings. The van der Waals surface area contributed by atoms with Gasteiger partial charge in [0.05, 0.1) is 5.56 Å². The van der Waals surface area contributed by atoms with E-state index in [-0.39, 0.29) is 0 Å². The summed E-state index contributed by atoms with van der Waals surface area (Å²) in [6, 6.07) is 58.6. The Morgan fingerprint density at radius 1 is 0.364 bits per heavy atom. The second kappa shape index (κ2) is 12.8. The third-order valence-electron chi connectivity index (χ3n) is 10.3. The van der Waals surface area contributed by atoms with Gasteiger partial charge in [-0.1, -0.05) is 121 Å². The van der Waals surface area contributed by atoms with Crippen molar-refractivity contribution in [3.05, 3.63) is 188 Å². The fraction of sp³-hybridized carbons (Fsp3) is 0.0204. The summed E-state index contributed by atoms with van der Waals surface area (Å²) in [4.78, 5) is 2.18. The van der Waals surface area contributed by atoms with Crippen LogP contribution in [-0.4, -0.2) is 0 Å². The molecule has 3 nitrogen and oxygen atoms in total. The lowest BCUT2D eigenvalue weighted by molar-refractivity contribution is -0.137. The molecule has 0 atom stereocenters. The maximum absolute atomic E-state index is 13.3. The predicted molar refractivity (Wildman–Crippen MR) is 217 cm³/mol. The highest BCUT2D eigenvalue weighted by molar-refractivity contribution is 6.10. The summed E-state index contributed by atoms with van der Waals surface area (Å²) in [6.45, 7) is 0. The van der Waals surface area contributed by atoms with Crippen LogP contribution in [0.2, 0.25) is 0 Å². The number of furan rings is 2. The van der Waals surface area contributed by atoms with E-state index >= 15 is 0 Å². The minimum absolute atomic E-state index is 0.669. The van der Waals surface area contributed by atoms with E-state index in [4.69, 9.17) is 8.83 Å². The standard InChI is InChI=1S/C49H30F3NO2/c50-49(51,52)35-24-18-31(19-25-35)32-20-26-36(27-21-32)53(37-28-22-33(23-29-37)39-12-6-14-43-41-10-1-3-16-45(41)54-47(39)43)38-9-5-8-34(30-38)40-13-7-15-44-42-11-2-4-17-46(42)55-48(40)44/h1-30H. The molecule has 0 fully saturated rings. The Labute approximate surface area is 314 Å². The fourth-order valence-electron chi connectivity index (χ4n) is 7.65. The van der Waals surface area contributed by atoms with Crippen LogP contribution in [-0.2, 0) is 6.18 Å². The average molecular weight is 722 g/mol. The number of fused-ring (bicyclic) bond motifs is 6. The zero-order valence-electron chi connectivity index (χ0n) is 29.2. The highest BCUT2D eigenvalue weighted by atomic mass is 19.4. The number of hydrogen-bond acceptors (Lipinski definition) is 3. The lowest BCUT2D eigenvalue weighted by atomic mass is 10.00. The van der Waals surface area contributed by atoms with E-state index in [2.05, 4.69) is 95.9 Å². The molecule has 10 aromatic rings. The molecule has 0 radical (unpaired) electrons. The van der Waals surface area contributed by atoms with E-state index in [0.29, 0.717) is 5.56 Å². The summed E-state index contributed by atoms with van der Waals surface area (Å²) in [6.07, 6.45) is -4.39. The number of anilines is 3. The number of nitrogens with zero attached hydrogens (tertiary/aromatic N) is 1. The summed E-state index contributed by atoms with van der Waals surface area (Å²) in [5.41, 5.74) is 11.0. The van der Waals surface area contributed by atoms with Gasteiger partial charge in [-0.2, -0.15) is 13.2 Å². The number of halogens is 3. The molecule has 0 unspecified atom stereocenters. The van der Waals surface area contributed by atoms with Gasteiger partial charge in [-0.25, -0.2) is 0 Å². The van der Waals surface area contributed by atoms with E-state index in [0.717, 1.165) is 101 Å². The molecule has 2 aromatic heterocycles. The van der Waals surface area contributed by atoms with Crippen molar-refractivity contribution in [3.8, 4) is 33.4 Å². The minimum Gasteiger partial charge on any atom is -0.455 e. The minimum atomic E-state index is -4.39. The highest BCUT2D eigenvalue weighted by Crippen LogP contribution is 2.42. The van der Waals surface area contributed by atoms with Crippen molar-refractivity contribution in [2.45, 2.75) is 6.18 Å². The molecule has 10 rings (SSSR count). The van der Waals surface area contributed by atoms with Gasteiger partial charge >= 0.3 is 6.18 Å². The topological polar surface area (TPSA) is 29.5 Å². The monoisotopic (exact) mass is 721 g/mol. The molecule has 2 heterocycles. The lowest BCUT2D eigenvalue weighted by Crippen LogP contribution is -2.10. The molecule has 0 bridgehead atoms. The molecule has 0 aliphatic carbocycles. The molecule has 6 heteroatoms. The van der Waals surface area contributed by atoms with Gasteiger partial charge in [-0.15, -0.1) is 0 Å². The van der Waals surface area contributed by atoms with Gasteiger partial charge in [0, 0.05) is 49.7 Å². The number of hydrogen-bond donors (Lipinski definition) is 0. The predicted octanol–water partition coefficient (Wildman–Crippen LogP) is 15.0. The van der Waals surface area contributed by atoms with E-state index < -0.39 is 11.7 Å². The van der Waals surface area contributed by atoms with Crippen LogP contribution < -0.4 is 4.90 Å². The SMILES string of the molecule is FC(F)(F)c1ccc(-c2ccc(N(c3ccc(-c4cccc5c4oc4ccccc45)cc3)c3cccc(-c4cccc5c4oc4ccccc45)c3)cc2)cc1. The van der Waals surface area contributed by atoms with Gasteiger partial charge in [-0.3, -0.25) is 0 Å². The van der Waals surface area contributed by atoms with Gasteiger partial charge < -0.3 is 13.7 Å². The third-order valence-corrected chi connectivity index (χ3v) is 10.3.